The number of rotatable bonds is 5. The molecule has 7 heteroatoms. The van der Waals surface area contributed by atoms with Gasteiger partial charge in [0, 0.05) is 11.9 Å². The van der Waals surface area contributed by atoms with Crippen LogP contribution in [0.3, 0.4) is 0 Å². The third-order valence-electron chi connectivity index (χ3n) is 2.74. The smallest absolute Gasteiger partial charge is 0.286 e. The van der Waals surface area contributed by atoms with Crippen molar-refractivity contribution in [3.05, 3.63) is 59.4 Å². The number of aromatic amines is 1. The van der Waals surface area contributed by atoms with Crippen LogP contribution in [0.2, 0.25) is 0 Å². The van der Waals surface area contributed by atoms with Crippen LogP contribution in [0.25, 0.3) is 0 Å². The van der Waals surface area contributed by atoms with Crippen LogP contribution in [0.5, 0.6) is 0 Å². The Morgan fingerprint density at radius 2 is 1.95 bits per heavy atom. The molecule has 112 valence electrons. The Labute approximate surface area is 131 Å². The molecule has 0 atom stereocenters. The standard InChI is InChI=1S/C15H14N4O2S/c16-8-11-3-5-12(6-4-11)9-22-10-14(20)18-19-15(21)13-2-1-7-17-13/h1-7,17H,9-10H2,(H,18,20)(H,19,21). The lowest BCUT2D eigenvalue weighted by atomic mass is 10.2. The molecule has 0 saturated carbocycles. The third-order valence-corrected chi connectivity index (χ3v) is 3.75. The molecule has 0 fully saturated rings. The van der Waals surface area contributed by atoms with Gasteiger partial charge in [-0.2, -0.15) is 5.26 Å². The molecule has 0 aliphatic carbocycles. The van der Waals surface area contributed by atoms with E-state index in [-0.39, 0.29) is 11.7 Å². The normalized spacial score (nSPS) is 9.77. The number of H-pyrrole nitrogens is 1. The fourth-order valence-corrected chi connectivity index (χ4v) is 2.43. The van der Waals surface area contributed by atoms with Gasteiger partial charge in [0.2, 0.25) is 5.91 Å². The molecule has 0 aliphatic heterocycles. The number of hydrogen-bond donors (Lipinski definition) is 3. The van der Waals surface area contributed by atoms with Crippen LogP contribution in [0.15, 0.2) is 42.6 Å². The maximum absolute atomic E-state index is 11.6. The zero-order valence-electron chi connectivity index (χ0n) is 11.6. The van der Waals surface area contributed by atoms with Gasteiger partial charge in [-0.25, -0.2) is 0 Å². The number of nitriles is 1. The van der Waals surface area contributed by atoms with E-state index in [1.807, 2.05) is 12.1 Å². The number of benzene rings is 1. The van der Waals surface area contributed by atoms with Crippen molar-refractivity contribution in [1.82, 2.24) is 15.8 Å². The van der Waals surface area contributed by atoms with Gasteiger partial charge in [-0.3, -0.25) is 20.4 Å². The van der Waals surface area contributed by atoms with Crippen LogP contribution >= 0.6 is 11.8 Å². The molecule has 2 amide bonds. The van der Waals surface area contributed by atoms with Crippen molar-refractivity contribution < 1.29 is 9.59 Å². The second-order valence-electron chi connectivity index (χ2n) is 4.39. The summed E-state index contributed by atoms with van der Waals surface area (Å²) in [5.41, 5.74) is 6.71. The Morgan fingerprint density at radius 1 is 1.18 bits per heavy atom. The summed E-state index contributed by atoms with van der Waals surface area (Å²) in [6.45, 7) is 0. The summed E-state index contributed by atoms with van der Waals surface area (Å²) in [7, 11) is 0. The Morgan fingerprint density at radius 3 is 2.59 bits per heavy atom. The zero-order chi connectivity index (χ0) is 15.8. The van der Waals surface area contributed by atoms with E-state index in [4.69, 9.17) is 5.26 Å². The molecule has 2 aromatic rings. The van der Waals surface area contributed by atoms with E-state index in [1.165, 1.54) is 11.8 Å². The van der Waals surface area contributed by atoms with Gasteiger partial charge >= 0.3 is 0 Å². The van der Waals surface area contributed by atoms with Gasteiger partial charge in [0.15, 0.2) is 0 Å². The van der Waals surface area contributed by atoms with Gasteiger partial charge in [-0.1, -0.05) is 12.1 Å². The molecule has 0 bridgehead atoms. The van der Waals surface area contributed by atoms with Crippen molar-refractivity contribution >= 4 is 23.6 Å². The van der Waals surface area contributed by atoms with Crippen molar-refractivity contribution in [3.63, 3.8) is 0 Å². The molecular formula is C15H14N4O2S. The fraction of sp³-hybridized carbons (Fsp3) is 0.133. The maximum atomic E-state index is 11.6. The second kappa shape index (κ2) is 7.90. The van der Waals surface area contributed by atoms with Gasteiger partial charge in [-0.15, -0.1) is 11.8 Å². The average molecular weight is 314 g/mol. The Balaban J connectivity index is 1.67. The monoisotopic (exact) mass is 314 g/mol. The highest BCUT2D eigenvalue weighted by molar-refractivity contribution is 7.99. The average Bonchev–Trinajstić information content (AvgIpc) is 3.08. The molecular weight excluding hydrogens is 300 g/mol. The summed E-state index contributed by atoms with van der Waals surface area (Å²) in [6.07, 6.45) is 1.63. The summed E-state index contributed by atoms with van der Waals surface area (Å²) >= 11 is 1.42. The molecule has 2 rings (SSSR count). The van der Waals surface area contributed by atoms with Crippen LogP contribution in [-0.4, -0.2) is 22.6 Å². The van der Waals surface area contributed by atoms with E-state index in [1.54, 1.807) is 30.5 Å². The molecule has 0 unspecified atom stereocenters. The lowest BCUT2D eigenvalue weighted by Crippen LogP contribution is -2.42. The first-order valence-electron chi connectivity index (χ1n) is 6.48. The SMILES string of the molecule is N#Cc1ccc(CSCC(=O)NNC(=O)c2ccc[nH]2)cc1. The molecule has 6 nitrogen and oxygen atoms in total. The molecule has 0 radical (unpaired) electrons. The van der Waals surface area contributed by atoms with Crippen LogP contribution in [0, 0.1) is 11.3 Å². The molecule has 0 aliphatic rings. The van der Waals surface area contributed by atoms with Gasteiger partial charge < -0.3 is 4.98 Å². The highest BCUT2D eigenvalue weighted by atomic mass is 32.2. The minimum atomic E-state index is -0.393. The molecule has 1 aromatic carbocycles. The molecule has 3 N–H and O–H groups in total. The van der Waals surface area contributed by atoms with Crippen molar-refractivity contribution in [2.75, 3.05) is 5.75 Å². The number of hydrogen-bond acceptors (Lipinski definition) is 4. The number of carbonyl (C=O) groups excluding carboxylic acids is 2. The lowest BCUT2D eigenvalue weighted by Gasteiger charge is -2.06. The van der Waals surface area contributed by atoms with Crippen LogP contribution in [0.1, 0.15) is 21.6 Å². The highest BCUT2D eigenvalue weighted by Gasteiger charge is 2.07. The number of hydrazine groups is 1. The fourth-order valence-electron chi connectivity index (χ4n) is 1.64. The van der Waals surface area contributed by atoms with Crippen LogP contribution in [-0.2, 0) is 10.5 Å². The Hall–Kier alpha value is -2.72. The maximum Gasteiger partial charge on any atom is 0.286 e. The third kappa shape index (κ3) is 4.68. The van der Waals surface area contributed by atoms with Crippen molar-refractivity contribution in [2.45, 2.75) is 5.75 Å². The van der Waals surface area contributed by atoms with E-state index in [0.717, 1.165) is 5.56 Å². The van der Waals surface area contributed by atoms with E-state index < -0.39 is 5.91 Å². The summed E-state index contributed by atoms with van der Waals surface area (Å²) in [5.74, 6) is 0.211. The molecule has 0 spiro atoms. The minimum Gasteiger partial charge on any atom is -0.357 e. The molecule has 1 heterocycles. The first-order chi connectivity index (χ1) is 10.7. The van der Waals surface area contributed by atoms with Crippen molar-refractivity contribution in [2.24, 2.45) is 0 Å². The Bertz CT molecular complexity index is 675. The quantitative estimate of drug-likeness (QED) is 0.730. The second-order valence-corrected chi connectivity index (χ2v) is 5.37. The first-order valence-corrected chi connectivity index (χ1v) is 7.64. The van der Waals surface area contributed by atoms with E-state index in [0.29, 0.717) is 17.0 Å². The summed E-state index contributed by atoms with van der Waals surface area (Å²) in [5, 5.41) is 8.70. The number of nitrogens with zero attached hydrogens (tertiary/aromatic N) is 1. The van der Waals surface area contributed by atoms with Crippen LogP contribution in [0.4, 0.5) is 0 Å². The van der Waals surface area contributed by atoms with Gasteiger partial charge in [0.25, 0.3) is 5.91 Å². The largest absolute Gasteiger partial charge is 0.357 e. The summed E-state index contributed by atoms with van der Waals surface area (Å²) < 4.78 is 0. The minimum absolute atomic E-state index is 0.227. The van der Waals surface area contributed by atoms with E-state index >= 15 is 0 Å². The Kier molecular flexibility index (Phi) is 5.63. The number of nitrogens with one attached hydrogen (secondary N) is 3. The van der Waals surface area contributed by atoms with Gasteiger partial charge in [0.1, 0.15) is 5.69 Å². The molecule has 1 aromatic heterocycles. The molecule has 0 saturated heterocycles. The number of amides is 2. The van der Waals surface area contributed by atoms with Crippen molar-refractivity contribution in [3.8, 4) is 6.07 Å². The van der Waals surface area contributed by atoms with Crippen LogP contribution < -0.4 is 10.9 Å². The first kappa shape index (κ1) is 15.7. The van der Waals surface area contributed by atoms with Gasteiger partial charge in [-0.05, 0) is 29.8 Å². The molecule has 22 heavy (non-hydrogen) atoms. The van der Waals surface area contributed by atoms with Crippen molar-refractivity contribution in [1.29, 1.82) is 5.26 Å². The predicted molar refractivity (Wildman–Crippen MR) is 83.7 cm³/mol. The number of aromatic nitrogens is 1. The van der Waals surface area contributed by atoms with Gasteiger partial charge in [0.05, 0.1) is 17.4 Å². The number of carbonyl (C=O) groups is 2. The summed E-state index contributed by atoms with van der Waals surface area (Å²) in [4.78, 5) is 25.9. The highest BCUT2D eigenvalue weighted by Crippen LogP contribution is 2.12. The zero-order valence-corrected chi connectivity index (χ0v) is 12.4. The topological polar surface area (TPSA) is 97.8 Å². The van der Waals surface area contributed by atoms with E-state index in [2.05, 4.69) is 21.9 Å². The number of thioether (sulfide) groups is 1. The summed E-state index contributed by atoms with van der Waals surface area (Å²) in [6, 6.07) is 12.6. The predicted octanol–water partition coefficient (Wildman–Crippen LogP) is 1.58. The lowest BCUT2D eigenvalue weighted by molar-refractivity contribution is -0.119. The van der Waals surface area contributed by atoms with E-state index in [9.17, 15) is 9.59 Å².